The monoisotopic (exact) mass is 312 g/mol. The average molecular weight is 312 g/mol. The second-order valence-electron chi connectivity index (χ2n) is 4.95. The van der Waals surface area contributed by atoms with Crippen LogP contribution in [0.3, 0.4) is 0 Å². The molecule has 118 valence electrons. The number of halogens is 3. The van der Waals surface area contributed by atoms with E-state index in [1.54, 1.807) is 13.8 Å². The number of carbonyl (C=O) groups is 1. The summed E-state index contributed by atoms with van der Waals surface area (Å²) in [6.07, 6.45) is -4.31. The standard InChI is InChI=1S/C15H15F3N2O2/c1-9-13(10(2)22-20-9)7-14(21)19-8-11-4-3-5-12(6-11)15(16,17)18/h3-6H,7-8H2,1-2H3,(H,19,21). The molecule has 1 heterocycles. The van der Waals surface area contributed by atoms with Gasteiger partial charge in [0.15, 0.2) is 0 Å². The van der Waals surface area contributed by atoms with Crippen molar-refractivity contribution in [3.05, 3.63) is 52.4 Å². The first-order valence-electron chi connectivity index (χ1n) is 6.62. The molecule has 0 saturated heterocycles. The predicted octanol–water partition coefficient (Wildman–Crippen LogP) is 3.17. The van der Waals surface area contributed by atoms with E-state index in [9.17, 15) is 18.0 Å². The molecule has 0 unspecified atom stereocenters. The Morgan fingerprint density at radius 3 is 2.64 bits per heavy atom. The van der Waals surface area contributed by atoms with Gasteiger partial charge in [-0.1, -0.05) is 17.3 Å². The fraction of sp³-hybridized carbons (Fsp3) is 0.333. The summed E-state index contributed by atoms with van der Waals surface area (Å²) in [5.74, 6) is 0.263. The molecule has 7 heteroatoms. The zero-order valence-corrected chi connectivity index (χ0v) is 12.1. The summed E-state index contributed by atoms with van der Waals surface area (Å²) in [6.45, 7) is 3.47. The Hall–Kier alpha value is -2.31. The number of aryl methyl sites for hydroxylation is 2. The van der Waals surface area contributed by atoms with Crippen LogP contribution in [0.5, 0.6) is 0 Å². The molecule has 0 spiro atoms. The van der Waals surface area contributed by atoms with Gasteiger partial charge in [0.05, 0.1) is 17.7 Å². The van der Waals surface area contributed by atoms with E-state index in [0.717, 1.165) is 12.1 Å². The maximum absolute atomic E-state index is 12.6. The van der Waals surface area contributed by atoms with E-state index in [2.05, 4.69) is 10.5 Å². The van der Waals surface area contributed by atoms with Crippen molar-refractivity contribution in [3.63, 3.8) is 0 Å². The topological polar surface area (TPSA) is 55.1 Å². The molecule has 1 aromatic carbocycles. The molecule has 0 bridgehead atoms. The number of nitrogens with zero attached hydrogens (tertiary/aromatic N) is 1. The highest BCUT2D eigenvalue weighted by Gasteiger charge is 2.30. The number of nitrogens with one attached hydrogen (secondary N) is 1. The highest BCUT2D eigenvalue weighted by Crippen LogP contribution is 2.29. The number of benzene rings is 1. The molecular weight excluding hydrogens is 297 g/mol. The van der Waals surface area contributed by atoms with E-state index in [-0.39, 0.29) is 18.9 Å². The fourth-order valence-corrected chi connectivity index (χ4v) is 2.04. The Morgan fingerprint density at radius 2 is 2.05 bits per heavy atom. The van der Waals surface area contributed by atoms with Gasteiger partial charge in [-0.05, 0) is 31.5 Å². The van der Waals surface area contributed by atoms with Gasteiger partial charge in [0, 0.05) is 12.1 Å². The molecule has 2 rings (SSSR count). The molecule has 0 fully saturated rings. The maximum Gasteiger partial charge on any atom is 0.416 e. The van der Waals surface area contributed by atoms with Crippen LogP contribution >= 0.6 is 0 Å². The molecule has 0 aliphatic rings. The lowest BCUT2D eigenvalue weighted by Crippen LogP contribution is -2.25. The van der Waals surface area contributed by atoms with Crippen molar-refractivity contribution >= 4 is 5.91 Å². The summed E-state index contributed by atoms with van der Waals surface area (Å²) in [5.41, 5.74) is 0.986. The lowest BCUT2D eigenvalue weighted by molar-refractivity contribution is -0.137. The quantitative estimate of drug-likeness (QED) is 0.943. The van der Waals surface area contributed by atoms with Gasteiger partial charge in [-0.3, -0.25) is 4.79 Å². The number of hydrogen-bond acceptors (Lipinski definition) is 3. The molecule has 0 radical (unpaired) electrons. The van der Waals surface area contributed by atoms with Gasteiger partial charge in [0.1, 0.15) is 5.76 Å². The van der Waals surface area contributed by atoms with Crippen LogP contribution in [0.15, 0.2) is 28.8 Å². The van der Waals surface area contributed by atoms with E-state index < -0.39 is 11.7 Å². The van der Waals surface area contributed by atoms with Crippen LogP contribution in [-0.2, 0) is 23.9 Å². The van der Waals surface area contributed by atoms with Crippen LogP contribution < -0.4 is 5.32 Å². The fourth-order valence-electron chi connectivity index (χ4n) is 2.04. The molecule has 1 amide bonds. The van der Waals surface area contributed by atoms with Crippen LogP contribution in [0, 0.1) is 13.8 Å². The van der Waals surface area contributed by atoms with Gasteiger partial charge in [0.2, 0.25) is 5.91 Å². The Bertz CT molecular complexity index is 658. The highest BCUT2D eigenvalue weighted by molar-refractivity contribution is 5.79. The van der Waals surface area contributed by atoms with Crippen molar-refractivity contribution in [1.82, 2.24) is 10.5 Å². The van der Waals surface area contributed by atoms with E-state index >= 15 is 0 Å². The highest BCUT2D eigenvalue weighted by atomic mass is 19.4. The van der Waals surface area contributed by atoms with Crippen LogP contribution in [-0.4, -0.2) is 11.1 Å². The summed E-state index contributed by atoms with van der Waals surface area (Å²) in [7, 11) is 0. The van der Waals surface area contributed by atoms with Crippen LogP contribution in [0.25, 0.3) is 0 Å². The first-order valence-corrected chi connectivity index (χ1v) is 6.62. The van der Waals surface area contributed by atoms with Crippen LogP contribution in [0.2, 0.25) is 0 Å². The lowest BCUT2D eigenvalue weighted by Gasteiger charge is -2.09. The Morgan fingerprint density at radius 1 is 1.32 bits per heavy atom. The smallest absolute Gasteiger partial charge is 0.361 e. The largest absolute Gasteiger partial charge is 0.416 e. The maximum atomic E-state index is 12.6. The first-order chi connectivity index (χ1) is 10.3. The van der Waals surface area contributed by atoms with Crippen molar-refractivity contribution in [2.24, 2.45) is 0 Å². The molecule has 4 nitrogen and oxygen atoms in total. The van der Waals surface area contributed by atoms with Crippen molar-refractivity contribution in [1.29, 1.82) is 0 Å². The molecule has 0 aliphatic heterocycles. The molecule has 2 aromatic rings. The third-order valence-electron chi connectivity index (χ3n) is 3.26. The van der Waals surface area contributed by atoms with Gasteiger partial charge in [-0.15, -0.1) is 0 Å². The number of alkyl halides is 3. The van der Waals surface area contributed by atoms with E-state index in [4.69, 9.17) is 4.52 Å². The SMILES string of the molecule is Cc1noc(C)c1CC(=O)NCc1cccc(C(F)(F)F)c1. The summed E-state index contributed by atoms with van der Waals surface area (Å²) >= 11 is 0. The summed E-state index contributed by atoms with van der Waals surface area (Å²) < 4.78 is 42.8. The number of carbonyl (C=O) groups excluding carboxylic acids is 1. The minimum Gasteiger partial charge on any atom is -0.361 e. The Kier molecular flexibility index (Phi) is 4.54. The van der Waals surface area contributed by atoms with Gasteiger partial charge in [-0.2, -0.15) is 13.2 Å². The zero-order valence-electron chi connectivity index (χ0n) is 12.1. The van der Waals surface area contributed by atoms with E-state index in [1.807, 2.05) is 0 Å². The molecule has 0 saturated carbocycles. The summed E-state index contributed by atoms with van der Waals surface area (Å²) in [6, 6.07) is 4.87. The summed E-state index contributed by atoms with van der Waals surface area (Å²) in [5, 5.41) is 6.34. The minimum absolute atomic E-state index is 0.0339. The van der Waals surface area contributed by atoms with Gasteiger partial charge < -0.3 is 9.84 Å². The molecule has 22 heavy (non-hydrogen) atoms. The Balaban J connectivity index is 1.97. The average Bonchev–Trinajstić information content (AvgIpc) is 2.76. The molecular formula is C15H15F3N2O2. The lowest BCUT2D eigenvalue weighted by atomic mass is 10.1. The molecule has 0 aliphatic carbocycles. The van der Waals surface area contributed by atoms with Crippen molar-refractivity contribution < 1.29 is 22.5 Å². The van der Waals surface area contributed by atoms with E-state index in [0.29, 0.717) is 22.6 Å². The molecule has 1 N–H and O–H groups in total. The normalized spacial score (nSPS) is 11.5. The van der Waals surface area contributed by atoms with Crippen LogP contribution in [0.4, 0.5) is 13.2 Å². The molecule has 1 aromatic heterocycles. The van der Waals surface area contributed by atoms with Gasteiger partial charge in [-0.25, -0.2) is 0 Å². The van der Waals surface area contributed by atoms with Gasteiger partial charge in [0.25, 0.3) is 0 Å². The summed E-state index contributed by atoms with van der Waals surface area (Å²) in [4.78, 5) is 11.9. The number of aromatic nitrogens is 1. The molecule has 0 atom stereocenters. The first kappa shape index (κ1) is 16.1. The number of rotatable bonds is 4. The third-order valence-corrected chi connectivity index (χ3v) is 3.26. The minimum atomic E-state index is -4.39. The van der Waals surface area contributed by atoms with Crippen molar-refractivity contribution in [2.75, 3.05) is 0 Å². The van der Waals surface area contributed by atoms with Crippen molar-refractivity contribution in [2.45, 2.75) is 33.0 Å². The second kappa shape index (κ2) is 6.21. The number of amides is 1. The predicted molar refractivity (Wildman–Crippen MR) is 73.0 cm³/mol. The number of hydrogen-bond donors (Lipinski definition) is 1. The zero-order chi connectivity index (χ0) is 16.3. The second-order valence-corrected chi connectivity index (χ2v) is 4.95. The van der Waals surface area contributed by atoms with Crippen LogP contribution in [0.1, 0.15) is 28.1 Å². The van der Waals surface area contributed by atoms with Gasteiger partial charge >= 0.3 is 6.18 Å². The Labute approximate surface area is 125 Å². The van der Waals surface area contributed by atoms with Crippen molar-refractivity contribution in [3.8, 4) is 0 Å². The third kappa shape index (κ3) is 3.87. The van der Waals surface area contributed by atoms with E-state index in [1.165, 1.54) is 12.1 Å².